The zero-order chi connectivity index (χ0) is 11.1. The molecule has 0 amide bonds. The monoisotopic (exact) mass is 209 g/mol. The van der Waals surface area contributed by atoms with Gasteiger partial charge < -0.3 is 10.5 Å². The van der Waals surface area contributed by atoms with Crippen LogP contribution in [0.3, 0.4) is 0 Å². The SMILES string of the molecule is COC(=O)[C@@]1(N)C[C@H]1c1ccc(F)cc1. The average Bonchev–Trinajstić information content (AvgIpc) is 2.92. The van der Waals surface area contributed by atoms with Gasteiger partial charge in [-0.1, -0.05) is 12.1 Å². The van der Waals surface area contributed by atoms with Crippen molar-refractivity contribution in [3.8, 4) is 0 Å². The quantitative estimate of drug-likeness (QED) is 0.744. The predicted octanol–water partition coefficient (Wildman–Crippen LogP) is 1.18. The number of esters is 1. The summed E-state index contributed by atoms with van der Waals surface area (Å²) >= 11 is 0. The van der Waals surface area contributed by atoms with Crippen molar-refractivity contribution < 1.29 is 13.9 Å². The van der Waals surface area contributed by atoms with Crippen molar-refractivity contribution in [1.82, 2.24) is 0 Å². The summed E-state index contributed by atoms with van der Waals surface area (Å²) in [5.74, 6) is -0.748. The van der Waals surface area contributed by atoms with Crippen LogP contribution in [0.2, 0.25) is 0 Å². The average molecular weight is 209 g/mol. The summed E-state index contributed by atoms with van der Waals surface area (Å²) in [5.41, 5.74) is 5.82. The van der Waals surface area contributed by atoms with E-state index in [0.29, 0.717) is 6.42 Å². The van der Waals surface area contributed by atoms with E-state index in [4.69, 9.17) is 5.73 Å². The Kier molecular flexibility index (Phi) is 2.23. The van der Waals surface area contributed by atoms with Gasteiger partial charge in [0.05, 0.1) is 7.11 Å². The number of nitrogens with two attached hydrogens (primary N) is 1. The summed E-state index contributed by atoms with van der Waals surface area (Å²) in [7, 11) is 1.32. The molecule has 80 valence electrons. The maximum atomic E-state index is 12.7. The number of carbonyl (C=O) groups excluding carboxylic acids is 1. The summed E-state index contributed by atoms with van der Waals surface area (Å²) in [6, 6.07) is 6.03. The van der Waals surface area contributed by atoms with E-state index in [1.54, 1.807) is 12.1 Å². The van der Waals surface area contributed by atoms with Gasteiger partial charge in [-0.2, -0.15) is 0 Å². The molecule has 1 aliphatic rings. The molecule has 0 spiro atoms. The Hall–Kier alpha value is -1.42. The minimum atomic E-state index is -0.910. The minimum absolute atomic E-state index is 0.0504. The highest BCUT2D eigenvalue weighted by Crippen LogP contribution is 2.50. The summed E-state index contributed by atoms with van der Waals surface area (Å²) in [6.07, 6.45) is 0.561. The zero-order valence-electron chi connectivity index (χ0n) is 8.37. The van der Waals surface area contributed by atoms with Gasteiger partial charge >= 0.3 is 5.97 Å². The topological polar surface area (TPSA) is 52.3 Å². The van der Waals surface area contributed by atoms with Gasteiger partial charge in [0.2, 0.25) is 0 Å². The third-order valence-corrected chi connectivity index (χ3v) is 2.84. The molecule has 0 radical (unpaired) electrons. The van der Waals surface area contributed by atoms with Crippen LogP contribution in [0.1, 0.15) is 17.9 Å². The lowest BCUT2D eigenvalue weighted by Crippen LogP contribution is -2.35. The molecule has 1 aromatic carbocycles. The highest BCUT2D eigenvalue weighted by Gasteiger charge is 2.58. The van der Waals surface area contributed by atoms with Crippen LogP contribution in [0.15, 0.2) is 24.3 Å². The fourth-order valence-corrected chi connectivity index (χ4v) is 1.80. The molecule has 15 heavy (non-hydrogen) atoms. The third-order valence-electron chi connectivity index (χ3n) is 2.84. The first-order valence-corrected chi connectivity index (χ1v) is 4.70. The summed E-state index contributed by atoms with van der Waals surface area (Å²) in [4.78, 5) is 11.3. The van der Waals surface area contributed by atoms with E-state index in [1.807, 2.05) is 0 Å². The van der Waals surface area contributed by atoms with Crippen molar-refractivity contribution in [2.75, 3.05) is 7.11 Å². The molecule has 2 rings (SSSR count). The number of benzene rings is 1. The van der Waals surface area contributed by atoms with E-state index >= 15 is 0 Å². The van der Waals surface area contributed by atoms with E-state index in [-0.39, 0.29) is 11.7 Å². The Morgan fingerprint density at radius 1 is 1.53 bits per heavy atom. The fourth-order valence-electron chi connectivity index (χ4n) is 1.80. The fraction of sp³-hybridized carbons (Fsp3) is 0.364. The highest BCUT2D eigenvalue weighted by molar-refractivity contribution is 5.86. The van der Waals surface area contributed by atoms with Gasteiger partial charge in [0.25, 0.3) is 0 Å². The molecule has 4 heteroatoms. The van der Waals surface area contributed by atoms with Gasteiger partial charge in [0, 0.05) is 5.92 Å². The van der Waals surface area contributed by atoms with E-state index in [2.05, 4.69) is 4.74 Å². The third kappa shape index (κ3) is 1.61. The van der Waals surface area contributed by atoms with Crippen LogP contribution in [-0.4, -0.2) is 18.6 Å². The lowest BCUT2D eigenvalue weighted by Gasteiger charge is -2.08. The smallest absolute Gasteiger partial charge is 0.326 e. The molecule has 1 saturated carbocycles. The van der Waals surface area contributed by atoms with Crippen LogP contribution in [0, 0.1) is 5.82 Å². The van der Waals surface area contributed by atoms with Crippen molar-refractivity contribution >= 4 is 5.97 Å². The summed E-state index contributed by atoms with van der Waals surface area (Å²) in [5, 5.41) is 0. The highest BCUT2D eigenvalue weighted by atomic mass is 19.1. The van der Waals surface area contributed by atoms with Gasteiger partial charge in [-0.3, -0.25) is 4.79 Å². The van der Waals surface area contributed by atoms with Gasteiger partial charge in [-0.05, 0) is 24.1 Å². The molecule has 0 saturated heterocycles. The molecule has 3 nitrogen and oxygen atoms in total. The second-order valence-corrected chi connectivity index (χ2v) is 3.84. The number of methoxy groups -OCH3 is 1. The second-order valence-electron chi connectivity index (χ2n) is 3.84. The number of hydrogen-bond acceptors (Lipinski definition) is 3. The van der Waals surface area contributed by atoms with Crippen LogP contribution < -0.4 is 5.73 Å². The van der Waals surface area contributed by atoms with Crippen molar-refractivity contribution in [3.05, 3.63) is 35.6 Å². The minimum Gasteiger partial charge on any atom is -0.468 e. The van der Waals surface area contributed by atoms with Crippen LogP contribution in [-0.2, 0) is 9.53 Å². The van der Waals surface area contributed by atoms with Crippen molar-refractivity contribution in [3.63, 3.8) is 0 Å². The first-order chi connectivity index (χ1) is 7.08. The predicted molar refractivity (Wildman–Crippen MR) is 52.7 cm³/mol. The van der Waals surface area contributed by atoms with Gasteiger partial charge in [0.1, 0.15) is 11.4 Å². The molecule has 0 aromatic heterocycles. The maximum Gasteiger partial charge on any atom is 0.326 e. The Labute approximate surface area is 87.0 Å². The maximum absolute atomic E-state index is 12.7. The summed E-state index contributed by atoms with van der Waals surface area (Å²) in [6.45, 7) is 0. The van der Waals surface area contributed by atoms with Gasteiger partial charge in [-0.15, -0.1) is 0 Å². The Morgan fingerprint density at radius 2 is 2.13 bits per heavy atom. The lowest BCUT2D eigenvalue weighted by atomic mass is 10.1. The molecule has 2 atom stereocenters. The molecular weight excluding hydrogens is 197 g/mol. The number of rotatable bonds is 2. The molecule has 0 aliphatic heterocycles. The second kappa shape index (κ2) is 3.31. The number of hydrogen-bond donors (Lipinski definition) is 1. The van der Waals surface area contributed by atoms with Crippen LogP contribution in [0.25, 0.3) is 0 Å². The van der Waals surface area contributed by atoms with Crippen molar-refractivity contribution in [2.45, 2.75) is 17.9 Å². The Bertz CT molecular complexity index is 390. The molecular formula is C11H12FNO2. The Morgan fingerprint density at radius 3 is 2.67 bits per heavy atom. The standard InChI is InChI=1S/C11H12FNO2/c1-15-10(14)11(13)6-9(11)7-2-4-8(12)5-3-7/h2-5,9H,6,13H2,1H3/t9-,11+/m0/s1. The van der Waals surface area contributed by atoms with Gasteiger partial charge in [0.15, 0.2) is 0 Å². The largest absolute Gasteiger partial charge is 0.468 e. The first-order valence-electron chi connectivity index (χ1n) is 4.70. The van der Waals surface area contributed by atoms with Crippen molar-refractivity contribution in [2.24, 2.45) is 5.73 Å². The van der Waals surface area contributed by atoms with Crippen LogP contribution in [0.5, 0.6) is 0 Å². The number of halogens is 1. The number of ether oxygens (including phenoxy) is 1. The molecule has 2 N–H and O–H groups in total. The summed E-state index contributed by atoms with van der Waals surface area (Å²) < 4.78 is 17.3. The van der Waals surface area contributed by atoms with Crippen molar-refractivity contribution in [1.29, 1.82) is 0 Å². The number of carbonyl (C=O) groups is 1. The van der Waals surface area contributed by atoms with E-state index in [1.165, 1.54) is 19.2 Å². The Balaban J connectivity index is 2.16. The molecule has 0 heterocycles. The van der Waals surface area contributed by atoms with E-state index < -0.39 is 11.5 Å². The normalized spacial score (nSPS) is 28.6. The zero-order valence-corrected chi connectivity index (χ0v) is 8.37. The van der Waals surface area contributed by atoms with E-state index in [0.717, 1.165) is 5.56 Å². The molecule has 1 aromatic rings. The first kappa shape index (κ1) is 10.1. The van der Waals surface area contributed by atoms with E-state index in [9.17, 15) is 9.18 Å². The van der Waals surface area contributed by atoms with Crippen LogP contribution in [0.4, 0.5) is 4.39 Å². The lowest BCUT2D eigenvalue weighted by molar-refractivity contribution is -0.143. The molecule has 0 bridgehead atoms. The van der Waals surface area contributed by atoms with Gasteiger partial charge in [-0.25, -0.2) is 4.39 Å². The molecule has 1 fully saturated rings. The van der Waals surface area contributed by atoms with Crippen LogP contribution >= 0.6 is 0 Å². The molecule has 0 unspecified atom stereocenters. The molecule has 1 aliphatic carbocycles.